The van der Waals surface area contributed by atoms with Gasteiger partial charge in [0, 0.05) is 88.9 Å². The van der Waals surface area contributed by atoms with E-state index in [0.717, 1.165) is 199 Å². The molecule has 0 aliphatic rings. The number of rotatable bonds is 9. The first-order chi connectivity index (χ1) is 52.4. The lowest BCUT2D eigenvalue weighted by molar-refractivity contribution is 1.37. The van der Waals surface area contributed by atoms with E-state index in [2.05, 4.69) is 325 Å². The smallest absolute Gasteiger partial charge is 0.0972 e. The summed E-state index contributed by atoms with van der Waals surface area (Å²) < 4.78 is 0. The average molecular weight is 1350 g/mol. The van der Waals surface area contributed by atoms with Crippen LogP contribution in [0.15, 0.2) is 364 Å². The second-order valence-electron chi connectivity index (χ2n) is 27.1. The molecule has 0 atom stereocenters. The summed E-state index contributed by atoms with van der Waals surface area (Å²) in [5.74, 6) is 0. The summed E-state index contributed by atoms with van der Waals surface area (Å²) in [5, 5.41) is 13.5. The van der Waals surface area contributed by atoms with Gasteiger partial charge < -0.3 is 0 Å². The molecule has 0 saturated carbocycles. The Bertz CT molecular complexity index is 7080. The van der Waals surface area contributed by atoms with Gasteiger partial charge in [-0.15, -0.1) is 0 Å². The highest BCUT2D eigenvalue weighted by molar-refractivity contribution is 6.05. The number of pyridine rings is 8. The first-order valence-electron chi connectivity index (χ1n) is 35.6. The Morgan fingerprint density at radius 2 is 0.396 bits per heavy atom. The monoisotopic (exact) mass is 1350 g/mol. The lowest BCUT2D eigenvalue weighted by Crippen LogP contribution is -1.89. The molecule has 8 heterocycles. The molecule has 0 aliphatic carbocycles. The molecule has 0 unspecified atom stereocenters. The number of hydrogen-bond acceptors (Lipinski definition) is 8. The molecule has 0 fully saturated rings. The maximum atomic E-state index is 5.16. The SMILES string of the molecule is c1ccc(-c2ccc(-c3ccc4cc(-c5ccc6ccc(-c7ccc8cc(-c9ccc%10ccc%11cccnc%11c%10n9)ccc8c7)nc6c5)ccc4n3)cc2)cc1.c1ccc(-c2ccc3cc(-c4ccc5ccc(-c6ccc7cc(-c8ccc9ccc%10cccnc%10c9n8)ccc7c6)nc5c4)ccc3n2)cc1. The fourth-order valence-electron chi connectivity index (χ4n) is 14.8. The third-order valence-corrected chi connectivity index (χ3v) is 20.5. The van der Waals surface area contributed by atoms with Crippen molar-refractivity contribution in [3.63, 3.8) is 0 Å². The summed E-state index contributed by atoms with van der Waals surface area (Å²) in [4.78, 5) is 39.6. The number of nitrogens with zero attached hydrogens (tertiary/aromatic N) is 8. The maximum absolute atomic E-state index is 5.16. The Hall–Kier alpha value is -14.3. The lowest BCUT2D eigenvalue weighted by atomic mass is 9.99. The second-order valence-corrected chi connectivity index (χ2v) is 27.1. The van der Waals surface area contributed by atoms with E-state index in [4.69, 9.17) is 29.9 Å². The minimum absolute atomic E-state index is 0.926. The van der Waals surface area contributed by atoms with E-state index in [9.17, 15) is 0 Å². The van der Waals surface area contributed by atoms with Crippen LogP contribution in [0.3, 0.4) is 0 Å². The van der Waals surface area contributed by atoms with Crippen LogP contribution in [-0.4, -0.2) is 39.9 Å². The first-order valence-corrected chi connectivity index (χ1v) is 35.6. The first kappa shape index (κ1) is 61.5. The van der Waals surface area contributed by atoms with Gasteiger partial charge in [-0.3, -0.25) is 9.97 Å². The van der Waals surface area contributed by atoms with Crippen LogP contribution in [0, 0.1) is 0 Å². The zero-order valence-electron chi connectivity index (χ0n) is 57.2. The van der Waals surface area contributed by atoms with Crippen LogP contribution in [0.2, 0.25) is 0 Å². The predicted molar refractivity (Wildman–Crippen MR) is 439 cm³/mol. The van der Waals surface area contributed by atoms with E-state index >= 15 is 0 Å². The van der Waals surface area contributed by atoms with Crippen molar-refractivity contribution in [3.05, 3.63) is 364 Å². The third kappa shape index (κ3) is 11.7. The quantitative estimate of drug-likeness (QED) is 0.132. The molecule has 0 spiro atoms. The van der Waals surface area contributed by atoms with Crippen molar-refractivity contribution in [2.45, 2.75) is 0 Å². The van der Waals surface area contributed by atoms with Crippen LogP contribution in [0.5, 0.6) is 0 Å². The molecule has 8 heteroatoms. The molecule has 0 saturated heterocycles. The van der Waals surface area contributed by atoms with E-state index in [1.54, 1.807) is 0 Å². The Kier molecular flexibility index (Phi) is 15.0. The zero-order valence-corrected chi connectivity index (χ0v) is 57.2. The predicted octanol–water partition coefficient (Wildman–Crippen LogP) is 25.1. The Labute approximate surface area is 610 Å². The average Bonchev–Trinajstić information content (AvgIpc) is 0.776. The molecular weight excluding hydrogens is 1290 g/mol. The van der Waals surface area contributed by atoms with Crippen LogP contribution in [0.25, 0.3) is 210 Å². The fraction of sp³-hybridized carbons (Fsp3) is 0. The van der Waals surface area contributed by atoms with E-state index in [1.807, 2.05) is 48.8 Å². The maximum Gasteiger partial charge on any atom is 0.0972 e. The minimum atomic E-state index is 0.926. The lowest BCUT2D eigenvalue weighted by Gasteiger charge is -2.10. The van der Waals surface area contributed by atoms with Gasteiger partial charge in [-0.2, -0.15) is 0 Å². The molecule has 0 N–H and O–H groups in total. The number of benzene rings is 13. The minimum Gasteiger partial charge on any atom is -0.254 e. The van der Waals surface area contributed by atoms with Crippen LogP contribution in [-0.2, 0) is 0 Å². The van der Waals surface area contributed by atoms with Gasteiger partial charge >= 0.3 is 0 Å². The van der Waals surface area contributed by atoms with Crippen LogP contribution in [0.4, 0.5) is 0 Å². The highest BCUT2D eigenvalue weighted by Gasteiger charge is 2.15. The summed E-state index contributed by atoms with van der Waals surface area (Å²) in [6.07, 6.45) is 3.66. The third-order valence-electron chi connectivity index (χ3n) is 20.5. The number of fused-ring (bicyclic) bond motifs is 12. The molecule has 8 aromatic heterocycles. The fourth-order valence-corrected chi connectivity index (χ4v) is 14.8. The van der Waals surface area contributed by atoms with E-state index in [0.29, 0.717) is 0 Å². The number of hydrogen-bond donors (Lipinski definition) is 0. The van der Waals surface area contributed by atoms with Crippen molar-refractivity contribution in [2.75, 3.05) is 0 Å². The summed E-state index contributed by atoms with van der Waals surface area (Å²) in [6.45, 7) is 0. The van der Waals surface area contributed by atoms with Crippen molar-refractivity contribution in [1.29, 1.82) is 0 Å². The van der Waals surface area contributed by atoms with Gasteiger partial charge in [0.15, 0.2) is 0 Å². The molecule has 21 rings (SSSR count). The second kappa shape index (κ2) is 25.9. The molecule has 21 aromatic rings. The Balaban J connectivity index is 0.000000141. The van der Waals surface area contributed by atoms with E-state index < -0.39 is 0 Å². The Morgan fingerprint density at radius 3 is 0.830 bits per heavy atom. The van der Waals surface area contributed by atoms with E-state index in [1.165, 1.54) is 11.1 Å². The standard InChI is InChI=1S/C52H32N4.C46H28N4/c1-2-5-33(6-3-1)34-8-10-35(11-9-34)46-27-23-45-31-41(22-26-47(45)54-46)42-15-12-36-20-24-48(55-50(36)32-42)43-18-16-40-30-44(19-17-39(40)29-43)49-25-21-38-14-13-37-7-4-28-53-51(37)52(38)56-49;1-2-5-29(6-3-1)40-23-19-39-27-35(18-22-41(39)48-40)36-11-8-30-16-20-42(49-44(30)28-36)37-14-12-34-26-38(15-13-33(34)25-37)43-21-17-32-10-9-31-7-4-24-47-45(31)46(32)50-43/h1-32H;1-28H. The molecular formula is C98H60N8. The molecule has 0 amide bonds. The molecule has 8 nitrogen and oxygen atoms in total. The van der Waals surface area contributed by atoms with Crippen molar-refractivity contribution in [2.24, 2.45) is 0 Å². The molecule has 0 aliphatic heterocycles. The molecule has 0 bridgehead atoms. The Morgan fingerprint density at radius 1 is 0.132 bits per heavy atom. The molecule has 0 radical (unpaired) electrons. The van der Waals surface area contributed by atoms with Crippen molar-refractivity contribution < 1.29 is 0 Å². The van der Waals surface area contributed by atoms with Gasteiger partial charge in [-0.05, 0) is 164 Å². The van der Waals surface area contributed by atoms with Gasteiger partial charge in [0.1, 0.15) is 0 Å². The van der Waals surface area contributed by atoms with Gasteiger partial charge in [0.25, 0.3) is 0 Å². The highest BCUT2D eigenvalue weighted by Crippen LogP contribution is 2.37. The summed E-state index contributed by atoms with van der Waals surface area (Å²) in [6, 6.07) is 124. The van der Waals surface area contributed by atoms with Crippen molar-refractivity contribution in [3.8, 4) is 101 Å². The van der Waals surface area contributed by atoms with Gasteiger partial charge in [0.05, 0.1) is 78.3 Å². The topological polar surface area (TPSA) is 103 Å². The zero-order chi connectivity index (χ0) is 70.0. The summed E-state index contributed by atoms with van der Waals surface area (Å²) >= 11 is 0. The summed E-state index contributed by atoms with van der Waals surface area (Å²) in [7, 11) is 0. The molecule has 492 valence electrons. The van der Waals surface area contributed by atoms with Crippen molar-refractivity contribution in [1.82, 2.24) is 39.9 Å². The normalized spacial score (nSPS) is 11.6. The largest absolute Gasteiger partial charge is 0.254 e. The highest BCUT2D eigenvalue weighted by atomic mass is 14.8. The van der Waals surface area contributed by atoms with Gasteiger partial charge in [-0.1, -0.05) is 243 Å². The number of aromatic nitrogens is 8. The molecule has 13 aromatic carbocycles. The van der Waals surface area contributed by atoms with E-state index in [-0.39, 0.29) is 0 Å². The van der Waals surface area contributed by atoms with Crippen LogP contribution >= 0.6 is 0 Å². The summed E-state index contributed by atoms with van der Waals surface area (Å²) in [5.41, 5.74) is 26.8. The van der Waals surface area contributed by atoms with Crippen LogP contribution in [0.1, 0.15) is 0 Å². The molecule has 106 heavy (non-hydrogen) atoms. The van der Waals surface area contributed by atoms with Gasteiger partial charge in [0.2, 0.25) is 0 Å². The van der Waals surface area contributed by atoms with Crippen molar-refractivity contribution >= 4 is 109 Å². The van der Waals surface area contributed by atoms with Gasteiger partial charge in [-0.25, -0.2) is 29.9 Å². The van der Waals surface area contributed by atoms with Crippen LogP contribution < -0.4 is 0 Å².